The molecular formula is C113H241N10O10P5S10. The van der Waals surface area contributed by atoms with Crippen LogP contribution in [0.5, 0.6) is 0 Å². The SMILES string of the molecule is CCC(=O)SC(C)(C)CSC(C)(C)COP(N(C(C)C)C(C)C)N(C(C)C)C(C)C.CCC(=O)SC(C)(C)CSCC(C)(C)OP(N(C(C)C)C(C)C)N(C(C)C)C(C)C.CCC(=O)SCC(C)(C)SC(C)(C)COP(N(C(C)C)C(C)C)N(C(C)C)C(C)C.CCC(=O)SCC(C)(C)SCC(C)(C)OP(N(C(C)C)C(C)C)N(C(C)C)C(C)C.CCC(=O)SCC(C)(C)SCCOP(N(C(C)C)C(C)C)N(C(C)C)C(C)C. The lowest BCUT2D eigenvalue weighted by Crippen LogP contribution is -2.45. The van der Waals surface area contributed by atoms with E-state index in [-0.39, 0.29) is 70.0 Å². The Morgan fingerprint density at radius 2 is 0.419 bits per heavy atom. The second-order valence-corrected chi connectivity index (χ2v) is 73.5. The molecule has 0 atom stereocenters. The van der Waals surface area contributed by atoms with Crippen LogP contribution in [0, 0.1) is 0 Å². The topological polar surface area (TPSA) is 164 Å². The summed E-state index contributed by atoms with van der Waals surface area (Å²) >= 11 is 16.9. The summed E-state index contributed by atoms with van der Waals surface area (Å²) in [5.41, 5.74) is -0.521. The van der Waals surface area contributed by atoms with Crippen LogP contribution in [0.25, 0.3) is 0 Å². The van der Waals surface area contributed by atoms with Crippen molar-refractivity contribution < 1.29 is 46.6 Å². The maximum atomic E-state index is 11.9. The van der Waals surface area contributed by atoms with Gasteiger partial charge in [-0.2, -0.15) is 47.0 Å². The van der Waals surface area contributed by atoms with Gasteiger partial charge in [0.05, 0.1) is 31.0 Å². The summed E-state index contributed by atoms with van der Waals surface area (Å²) < 4.78 is 59.4. The normalized spacial score (nSPS) is 13.8. The number of carbonyl (C=O) groups excluding carboxylic acids is 5. The molecule has 0 fully saturated rings. The number of hydrogen-bond acceptors (Lipinski definition) is 30. The molecule has 0 rings (SSSR count). The van der Waals surface area contributed by atoms with Crippen LogP contribution in [0.1, 0.15) is 468 Å². The molecule has 0 saturated heterocycles. The van der Waals surface area contributed by atoms with Gasteiger partial charge in [-0.25, -0.2) is 46.7 Å². The van der Waals surface area contributed by atoms with Gasteiger partial charge in [-0.05, 0) is 402 Å². The minimum Gasteiger partial charge on any atom is -0.330 e. The largest absolute Gasteiger partial charge is 0.330 e. The highest BCUT2D eigenvalue weighted by Gasteiger charge is 2.46. The zero-order valence-electron chi connectivity index (χ0n) is 108. The molecule has 0 aromatic heterocycles. The summed E-state index contributed by atoms with van der Waals surface area (Å²) in [6, 6.07) is 8.37. The first-order valence-corrected chi connectivity index (χ1v) is 71.6. The van der Waals surface area contributed by atoms with Crippen molar-refractivity contribution in [1.29, 1.82) is 0 Å². The summed E-state index contributed by atoms with van der Waals surface area (Å²) in [4.78, 5) is 58.9. The van der Waals surface area contributed by atoms with Gasteiger partial charge in [0.25, 0.3) is 0 Å². The van der Waals surface area contributed by atoms with Crippen molar-refractivity contribution in [2.45, 2.75) is 634 Å². The fourth-order valence-corrected chi connectivity index (χ4v) is 40.6. The molecule has 0 aromatic carbocycles. The van der Waals surface area contributed by atoms with Crippen molar-refractivity contribution in [3.8, 4) is 0 Å². The van der Waals surface area contributed by atoms with Crippen molar-refractivity contribution >= 4 is 185 Å². The third kappa shape index (κ3) is 68.4. The van der Waals surface area contributed by atoms with Gasteiger partial charge in [0.2, 0.25) is 0 Å². The summed E-state index contributed by atoms with van der Waals surface area (Å²) in [6.07, 6.45) is 3.00. The summed E-state index contributed by atoms with van der Waals surface area (Å²) in [7, 11) is -4.38. The van der Waals surface area contributed by atoms with E-state index in [0.29, 0.717) is 166 Å². The van der Waals surface area contributed by atoms with Crippen LogP contribution in [0.3, 0.4) is 0 Å². The minimum atomic E-state index is -0.908. The number of thioether (sulfide) groups is 10. The van der Waals surface area contributed by atoms with Crippen molar-refractivity contribution in [2.75, 3.05) is 65.8 Å². The molecule has 0 aromatic rings. The molecule has 0 bridgehead atoms. The molecule has 0 unspecified atom stereocenters. The summed E-state index contributed by atoms with van der Waals surface area (Å²) in [5, 5.41) is 1.37. The lowest BCUT2D eigenvalue weighted by Gasteiger charge is -2.48. The van der Waals surface area contributed by atoms with Crippen LogP contribution in [0.4, 0.5) is 0 Å². The van der Waals surface area contributed by atoms with Gasteiger partial charge < -0.3 is 22.6 Å². The monoisotopic (exact) mass is 2370 g/mol. The van der Waals surface area contributed by atoms with Crippen molar-refractivity contribution in [3.05, 3.63) is 0 Å². The van der Waals surface area contributed by atoms with Gasteiger partial charge in [-0.15, -0.1) is 11.8 Å². The second-order valence-electron chi connectivity index (χ2n) is 50.1. The molecule has 0 amide bonds. The molecule has 0 saturated carbocycles. The highest BCUT2D eigenvalue weighted by Crippen LogP contribution is 2.59. The molecule has 0 N–H and O–H groups in total. The fourth-order valence-electron chi connectivity index (χ4n) is 16.6. The van der Waals surface area contributed by atoms with E-state index in [9.17, 15) is 24.0 Å². The fraction of sp³-hybridized carbons (Fsp3) is 0.956. The smallest absolute Gasteiger partial charge is 0.189 e. The first-order chi connectivity index (χ1) is 67.0. The molecule has 0 heterocycles. The average Bonchev–Trinajstić information content (AvgIpc) is 0.825. The quantitative estimate of drug-likeness (QED) is 0.0417. The van der Waals surface area contributed by atoms with Gasteiger partial charge in [0, 0.05) is 232 Å². The van der Waals surface area contributed by atoms with E-state index in [4.69, 9.17) is 22.6 Å². The molecule has 35 heteroatoms. The maximum Gasteiger partial charge on any atom is 0.189 e. The Bertz CT molecular complexity index is 3330. The van der Waals surface area contributed by atoms with Crippen molar-refractivity contribution in [2.24, 2.45) is 0 Å². The zero-order valence-corrected chi connectivity index (χ0v) is 120. The molecule has 888 valence electrons. The van der Waals surface area contributed by atoms with E-state index >= 15 is 0 Å². The van der Waals surface area contributed by atoms with E-state index in [0.717, 1.165) is 52.6 Å². The van der Waals surface area contributed by atoms with E-state index in [1.807, 2.05) is 93.4 Å². The lowest BCUT2D eigenvalue weighted by molar-refractivity contribution is -0.111. The van der Waals surface area contributed by atoms with Crippen LogP contribution in [-0.4, -0.2) is 303 Å². The highest BCUT2D eigenvalue weighted by molar-refractivity contribution is 8.16. The highest BCUT2D eigenvalue weighted by atomic mass is 32.2. The predicted octanol–water partition coefficient (Wildman–Crippen LogP) is 36.4. The Kier molecular flexibility index (Phi) is 83.5. The molecule has 0 aliphatic heterocycles. The molecule has 0 aliphatic rings. The number of rotatable bonds is 70. The summed E-state index contributed by atoms with van der Waals surface area (Å²) in [6.45, 7) is 142. The Morgan fingerprint density at radius 1 is 0.216 bits per heavy atom. The van der Waals surface area contributed by atoms with Crippen LogP contribution in [0.15, 0.2) is 0 Å². The van der Waals surface area contributed by atoms with Crippen LogP contribution < -0.4 is 0 Å². The molecule has 0 spiro atoms. The van der Waals surface area contributed by atoms with E-state index < -0.39 is 42.2 Å². The molecular weight excluding hydrogens is 2130 g/mol. The first-order valence-electron chi connectivity index (χ1n) is 56.2. The Morgan fingerprint density at radius 3 is 0.662 bits per heavy atom. The standard InChI is InChI=1S/4C23H49N2O2PS2.C21H45N2O2PS2/c1-14-21(26)29-16-23(12,13)30-15-22(10,11)27-28(24(17(2)3)18(4)5)25(19(6)7)20(8)9;1-14-21(26)30-23(12,13)16-29-15-22(10,11)27-28(24(17(2)3)18(4)5)25(19(6)7)20(8)9;1-14-21(26)30-23(12,13)16-29-22(10,11)15-27-28(24(17(2)3)18(4)5)25(19(6)7)20(8)9;1-14-21(26)29-16-23(12,13)30-22(10,11)15-27-28(24(17(2)3)18(4)5)25(19(6)7)20(8)9;1-12-20(24)27-15-21(10,11)28-14-13-25-26(22(16(2)3)17(4)5)23(18(6)7)19(8)9/h4*17-20H,14-16H2,1-13H3;16-19H,12-15H2,1-11H3. The Balaban J connectivity index is -0.000000576. The van der Waals surface area contributed by atoms with Gasteiger partial charge in [-0.1, -0.05) is 93.4 Å². The van der Waals surface area contributed by atoms with Gasteiger partial charge in [0.1, 0.15) is 0 Å². The zero-order chi connectivity index (χ0) is 118. The summed E-state index contributed by atoms with van der Waals surface area (Å²) in [5.74, 6) is 7.13. The minimum absolute atomic E-state index is 0.0106. The third-order valence-electron chi connectivity index (χ3n) is 22.1. The number of nitrogens with zero attached hydrogens (tertiary/aromatic N) is 10. The van der Waals surface area contributed by atoms with Crippen LogP contribution in [0.2, 0.25) is 0 Å². The predicted molar refractivity (Wildman–Crippen MR) is 694 cm³/mol. The van der Waals surface area contributed by atoms with E-state index in [2.05, 4.69) is 448 Å². The Hall–Kier alpha value is 3.40. The van der Waals surface area contributed by atoms with Crippen molar-refractivity contribution in [1.82, 2.24) is 46.7 Å². The molecule has 0 aliphatic carbocycles. The molecule has 20 nitrogen and oxygen atoms in total. The van der Waals surface area contributed by atoms with E-state index in [1.54, 1.807) is 0 Å². The Labute approximate surface area is 969 Å². The molecule has 148 heavy (non-hydrogen) atoms. The van der Waals surface area contributed by atoms with Crippen LogP contribution >= 0.6 is 160 Å². The van der Waals surface area contributed by atoms with Crippen molar-refractivity contribution in [3.63, 3.8) is 0 Å². The second kappa shape index (κ2) is 77.3. The van der Waals surface area contributed by atoms with Gasteiger partial charge >= 0.3 is 0 Å². The van der Waals surface area contributed by atoms with Gasteiger partial charge in [0.15, 0.2) is 67.8 Å². The first kappa shape index (κ1) is 160. The lowest BCUT2D eigenvalue weighted by atomic mass is 10.2. The number of hydrogen-bond donors (Lipinski definition) is 0. The van der Waals surface area contributed by atoms with E-state index in [1.165, 1.54) is 58.8 Å². The average molecular weight is 2380 g/mol. The van der Waals surface area contributed by atoms with Gasteiger partial charge in [-0.3, -0.25) is 24.0 Å². The molecule has 0 radical (unpaired) electrons. The van der Waals surface area contributed by atoms with Crippen LogP contribution in [-0.2, 0) is 46.6 Å². The number of carbonyl (C=O) groups is 5. The third-order valence-corrected chi connectivity index (χ3v) is 53.5. The maximum absolute atomic E-state index is 11.9.